The predicted octanol–water partition coefficient (Wildman–Crippen LogP) is 4.78. The van der Waals surface area contributed by atoms with E-state index in [1.165, 1.54) is 6.07 Å². The van der Waals surface area contributed by atoms with Crippen LogP contribution < -0.4 is 4.74 Å². The zero-order valence-electron chi connectivity index (χ0n) is 15.3. The number of esters is 1. The maximum atomic E-state index is 12.7. The summed E-state index contributed by atoms with van der Waals surface area (Å²) in [6, 6.07) is 5.80. The Balaban J connectivity index is 2.28. The van der Waals surface area contributed by atoms with Gasteiger partial charge in [-0.1, -0.05) is 11.6 Å². The number of likely N-dealkylation sites (N-methyl/N-ethyl adjacent to an activating group) is 1. The van der Waals surface area contributed by atoms with Crippen molar-refractivity contribution in [2.24, 2.45) is 0 Å². The van der Waals surface area contributed by atoms with Gasteiger partial charge in [-0.05, 0) is 38.4 Å². The highest BCUT2D eigenvalue weighted by Gasteiger charge is 2.31. The Hall–Kier alpha value is -2.85. The first-order chi connectivity index (χ1) is 13.5. The SMILES string of the molecule is CN(C)CCOC(=O)c1cc(Oc2ccc(C(F)(F)F)cc2Cl)ccc1[N+](=O)[O-]. The molecule has 0 saturated carbocycles. The summed E-state index contributed by atoms with van der Waals surface area (Å²) in [6.45, 7) is 0.426. The average molecular weight is 433 g/mol. The minimum Gasteiger partial charge on any atom is -0.461 e. The molecule has 11 heteroatoms. The lowest BCUT2D eigenvalue weighted by Gasteiger charge is -2.12. The number of hydrogen-bond donors (Lipinski definition) is 0. The molecular formula is C18H16ClF3N2O5. The largest absolute Gasteiger partial charge is 0.461 e. The van der Waals surface area contributed by atoms with E-state index in [-0.39, 0.29) is 28.7 Å². The number of nitrogens with zero attached hydrogens (tertiary/aromatic N) is 2. The zero-order valence-corrected chi connectivity index (χ0v) is 16.1. The number of hydrogen-bond acceptors (Lipinski definition) is 6. The molecule has 156 valence electrons. The number of nitro groups is 1. The molecule has 0 unspecified atom stereocenters. The summed E-state index contributed by atoms with van der Waals surface area (Å²) < 4.78 is 48.6. The Kier molecular flexibility index (Phi) is 7.04. The Bertz CT molecular complexity index is 919. The fourth-order valence-electron chi connectivity index (χ4n) is 2.19. The van der Waals surface area contributed by atoms with Crippen LogP contribution in [0.2, 0.25) is 5.02 Å². The van der Waals surface area contributed by atoms with E-state index in [1.54, 1.807) is 19.0 Å². The van der Waals surface area contributed by atoms with Crippen LogP contribution in [0.3, 0.4) is 0 Å². The van der Waals surface area contributed by atoms with Gasteiger partial charge in [-0.25, -0.2) is 4.79 Å². The van der Waals surface area contributed by atoms with E-state index in [0.717, 1.165) is 24.3 Å². The predicted molar refractivity (Wildman–Crippen MR) is 98.5 cm³/mol. The molecule has 2 aromatic carbocycles. The third-order valence-corrected chi connectivity index (χ3v) is 3.94. The monoisotopic (exact) mass is 432 g/mol. The first-order valence-corrected chi connectivity index (χ1v) is 8.51. The number of alkyl halides is 3. The van der Waals surface area contributed by atoms with Gasteiger partial charge >= 0.3 is 12.1 Å². The van der Waals surface area contributed by atoms with Gasteiger partial charge in [-0.2, -0.15) is 13.2 Å². The minimum absolute atomic E-state index is 0.0127. The van der Waals surface area contributed by atoms with Crippen LogP contribution in [-0.4, -0.2) is 43.0 Å². The highest BCUT2D eigenvalue weighted by atomic mass is 35.5. The summed E-state index contributed by atoms with van der Waals surface area (Å²) in [5, 5.41) is 10.9. The van der Waals surface area contributed by atoms with Gasteiger partial charge < -0.3 is 14.4 Å². The number of halogens is 4. The second-order valence-electron chi connectivity index (χ2n) is 6.12. The maximum Gasteiger partial charge on any atom is 0.416 e. The molecule has 0 N–H and O–H groups in total. The number of benzene rings is 2. The molecule has 0 radical (unpaired) electrons. The third-order valence-electron chi connectivity index (χ3n) is 3.64. The van der Waals surface area contributed by atoms with Crippen molar-refractivity contribution in [2.75, 3.05) is 27.2 Å². The highest BCUT2D eigenvalue weighted by Crippen LogP contribution is 2.37. The number of carbonyl (C=O) groups is 1. The first-order valence-electron chi connectivity index (χ1n) is 8.14. The van der Waals surface area contributed by atoms with Crippen LogP contribution in [-0.2, 0) is 10.9 Å². The summed E-state index contributed by atoms with van der Waals surface area (Å²) >= 11 is 5.84. The van der Waals surface area contributed by atoms with Crippen molar-refractivity contribution in [1.82, 2.24) is 4.90 Å². The number of nitro benzene ring substituents is 1. The quantitative estimate of drug-likeness (QED) is 0.356. The lowest BCUT2D eigenvalue weighted by molar-refractivity contribution is -0.385. The van der Waals surface area contributed by atoms with Crippen molar-refractivity contribution in [2.45, 2.75) is 6.18 Å². The van der Waals surface area contributed by atoms with E-state index in [2.05, 4.69) is 0 Å². The standard InChI is InChI=1S/C18H16ClF3N2O5/c1-23(2)7-8-28-17(25)13-10-12(4-5-15(13)24(26)27)29-16-6-3-11(9-14(16)19)18(20,21)22/h3-6,9-10H,7-8H2,1-2H3. The molecule has 0 fully saturated rings. The minimum atomic E-state index is -4.57. The molecule has 0 amide bonds. The smallest absolute Gasteiger partial charge is 0.416 e. The molecule has 0 aromatic heterocycles. The van der Waals surface area contributed by atoms with Gasteiger partial charge in [0.2, 0.25) is 0 Å². The molecular weight excluding hydrogens is 417 g/mol. The molecule has 29 heavy (non-hydrogen) atoms. The maximum absolute atomic E-state index is 12.7. The summed E-state index contributed by atoms with van der Waals surface area (Å²) in [7, 11) is 3.52. The van der Waals surface area contributed by atoms with Crippen LogP contribution in [0.1, 0.15) is 15.9 Å². The van der Waals surface area contributed by atoms with Gasteiger partial charge in [0.05, 0.1) is 15.5 Å². The van der Waals surface area contributed by atoms with Gasteiger partial charge in [0.15, 0.2) is 0 Å². The van der Waals surface area contributed by atoms with E-state index in [0.29, 0.717) is 12.6 Å². The van der Waals surface area contributed by atoms with E-state index in [9.17, 15) is 28.1 Å². The van der Waals surface area contributed by atoms with Gasteiger partial charge in [0.1, 0.15) is 23.7 Å². The second-order valence-corrected chi connectivity index (χ2v) is 6.53. The molecule has 7 nitrogen and oxygen atoms in total. The molecule has 2 aromatic rings. The van der Waals surface area contributed by atoms with Crippen molar-refractivity contribution in [1.29, 1.82) is 0 Å². The van der Waals surface area contributed by atoms with Crippen molar-refractivity contribution >= 4 is 23.3 Å². The Morgan fingerprint density at radius 3 is 2.45 bits per heavy atom. The van der Waals surface area contributed by atoms with Crippen LogP contribution in [0, 0.1) is 10.1 Å². The van der Waals surface area contributed by atoms with E-state index in [4.69, 9.17) is 21.1 Å². The van der Waals surface area contributed by atoms with Crippen molar-refractivity contribution in [3.8, 4) is 11.5 Å². The molecule has 0 spiro atoms. The number of carbonyl (C=O) groups excluding carboxylic acids is 1. The topological polar surface area (TPSA) is 81.9 Å². The van der Waals surface area contributed by atoms with Gasteiger partial charge in [0.25, 0.3) is 5.69 Å². The van der Waals surface area contributed by atoms with Crippen LogP contribution >= 0.6 is 11.6 Å². The number of rotatable bonds is 7. The number of ether oxygens (including phenoxy) is 2. The Morgan fingerprint density at radius 1 is 1.21 bits per heavy atom. The zero-order chi connectivity index (χ0) is 21.8. The van der Waals surface area contributed by atoms with Crippen LogP contribution in [0.5, 0.6) is 11.5 Å². The van der Waals surface area contributed by atoms with Crippen molar-refractivity contribution in [3.63, 3.8) is 0 Å². The normalized spacial score (nSPS) is 11.4. The fraction of sp³-hybridized carbons (Fsp3) is 0.278. The fourth-order valence-corrected chi connectivity index (χ4v) is 2.41. The van der Waals surface area contributed by atoms with E-state index in [1.807, 2.05) is 0 Å². The second kappa shape index (κ2) is 9.10. The third kappa shape index (κ3) is 6.06. The molecule has 2 rings (SSSR count). The van der Waals surface area contributed by atoms with E-state index < -0.39 is 28.3 Å². The summed E-state index contributed by atoms with van der Waals surface area (Å²) in [5.41, 5.74) is -1.80. The molecule has 0 saturated heterocycles. The lowest BCUT2D eigenvalue weighted by atomic mass is 10.1. The summed E-state index contributed by atoms with van der Waals surface area (Å²) in [5.74, 6) is -1.07. The molecule has 0 atom stereocenters. The van der Waals surface area contributed by atoms with Crippen molar-refractivity contribution in [3.05, 3.63) is 62.7 Å². The van der Waals surface area contributed by atoms with Crippen LogP contribution in [0.4, 0.5) is 18.9 Å². The van der Waals surface area contributed by atoms with Crippen molar-refractivity contribution < 1.29 is 32.4 Å². The molecule has 0 aliphatic heterocycles. The Morgan fingerprint density at radius 2 is 1.90 bits per heavy atom. The summed E-state index contributed by atoms with van der Waals surface area (Å²) in [4.78, 5) is 24.4. The first kappa shape index (κ1) is 22.4. The van der Waals surface area contributed by atoms with Crippen LogP contribution in [0.15, 0.2) is 36.4 Å². The van der Waals surface area contributed by atoms with Gasteiger partial charge in [-0.3, -0.25) is 10.1 Å². The summed E-state index contributed by atoms with van der Waals surface area (Å²) in [6.07, 6.45) is -4.57. The Labute approximate surface area is 168 Å². The van der Waals surface area contributed by atoms with Gasteiger partial charge in [0, 0.05) is 18.7 Å². The van der Waals surface area contributed by atoms with Gasteiger partial charge in [-0.15, -0.1) is 0 Å². The van der Waals surface area contributed by atoms with Crippen LogP contribution in [0.25, 0.3) is 0 Å². The van der Waals surface area contributed by atoms with E-state index >= 15 is 0 Å². The lowest BCUT2D eigenvalue weighted by Crippen LogP contribution is -2.20. The highest BCUT2D eigenvalue weighted by molar-refractivity contribution is 6.32. The average Bonchev–Trinajstić information content (AvgIpc) is 2.61. The molecule has 0 aliphatic carbocycles. The molecule has 0 aliphatic rings. The molecule has 0 heterocycles. The molecule has 0 bridgehead atoms.